The Hall–Kier alpha value is -1.26. The van der Waals surface area contributed by atoms with E-state index < -0.39 is 0 Å². The minimum Gasteiger partial charge on any atom is -0.494 e. The van der Waals surface area contributed by atoms with E-state index in [2.05, 4.69) is 11.0 Å². The van der Waals surface area contributed by atoms with Crippen molar-refractivity contribution in [3.05, 3.63) is 23.8 Å². The van der Waals surface area contributed by atoms with Gasteiger partial charge in [0.1, 0.15) is 18.1 Å². The Bertz CT molecular complexity index is 458. The third kappa shape index (κ3) is 2.63. The van der Waals surface area contributed by atoms with Gasteiger partial charge in [-0.2, -0.15) is 0 Å². The van der Waals surface area contributed by atoms with Crippen molar-refractivity contribution in [2.45, 2.75) is 38.3 Å². The maximum Gasteiger partial charge on any atom is 0.124 e. The molecule has 2 aliphatic rings. The fourth-order valence-electron chi connectivity index (χ4n) is 3.32. The monoisotopic (exact) mass is 276 g/mol. The lowest BCUT2D eigenvalue weighted by Gasteiger charge is -2.41. The highest BCUT2D eigenvalue weighted by atomic mass is 16.5. The molecule has 2 N–H and O–H groups in total. The molecule has 0 spiro atoms. The number of benzene rings is 1. The van der Waals surface area contributed by atoms with Gasteiger partial charge in [0.25, 0.3) is 0 Å². The van der Waals surface area contributed by atoms with Gasteiger partial charge < -0.3 is 15.2 Å². The zero-order valence-electron chi connectivity index (χ0n) is 12.2. The summed E-state index contributed by atoms with van der Waals surface area (Å²) in [6.45, 7) is 5.55. The van der Waals surface area contributed by atoms with Crippen LogP contribution in [0.3, 0.4) is 0 Å². The summed E-state index contributed by atoms with van der Waals surface area (Å²) in [6, 6.07) is 6.41. The summed E-state index contributed by atoms with van der Waals surface area (Å²) in [5, 5.41) is 0. The highest BCUT2D eigenvalue weighted by molar-refractivity contribution is 5.44. The zero-order chi connectivity index (χ0) is 13.9. The molecule has 4 nitrogen and oxygen atoms in total. The van der Waals surface area contributed by atoms with Gasteiger partial charge in [0.15, 0.2) is 0 Å². The molecule has 0 aliphatic carbocycles. The minimum absolute atomic E-state index is 0.0393. The first kappa shape index (κ1) is 13.7. The number of fused-ring (bicyclic) bond motifs is 1. The van der Waals surface area contributed by atoms with Crippen molar-refractivity contribution >= 4 is 0 Å². The Labute approximate surface area is 120 Å². The lowest BCUT2D eigenvalue weighted by Crippen LogP contribution is -2.48. The van der Waals surface area contributed by atoms with E-state index in [1.165, 1.54) is 24.8 Å². The number of nitrogens with two attached hydrogens (primary N) is 1. The van der Waals surface area contributed by atoms with E-state index in [-0.39, 0.29) is 12.1 Å². The van der Waals surface area contributed by atoms with Crippen LogP contribution in [-0.4, -0.2) is 37.2 Å². The molecule has 0 saturated carbocycles. The molecule has 4 heteroatoms. The number of hydrogen-bond acceptors (Lipinski definition) is 4. The molecule has 2 unspecified atom stereocenters. The molecular weight excluding hydrogens is 252 g/mol. The van der Waals surface area contributed by atoms with Gasteiger partial charge in [0, 0.05) is 5.56 Å². The van der Waals surface area contributed by atoms with Crippen molar-refractivity contribution in [1.29, 1.82) is 0 Å². The number of hydrogen-bond donors (Lipinski definition) is 1. The number of rotatable bonds is 3. The van der Waals surface area contributed by atoms with Crippen molar-refractivity contribution in [2.75, 3.05) is 26.3 Å². The highest BCUT2D eigenvalue weighted by Crippen LogP contribution is 2.38. The van der Waals surface area contributed by atoms with Crippen molar-refractivity contribution < 1.29 is 9.47 Å². The Morgan fingerprint density at radius 2 is 2.10 bits per heavy atom. The molecular formula is C16H24N2O2. The van der Waals surface area contributed by atoms with Crippen molar-refractivity contribution in [3.63, 3.8) is 0 Å². The molecule has 1 aromatic rings. The van der Waals surface area contributed by atoms with E-state index in [1.54, 1.807) is 0 Å². The number of piperidine rings is 1. The average molecular weight is 276 g/mol. The number of ether oxygens (including phenoxy) is 2. The second-order valence-corrected chi connectivity index (χ2v) is 5.65. The van der Waals surface area contributed by atoms with Gasteiger partial charge in [0.2, 0.25) is 0 Å². The van der Waals surface area contributed by atoms with Crippen LogP contribution in [0.5, 0.6) is 11.5 Å². The number of nitrogens with zero attached hydrogens (tertiary/aromatic N) is 1. The lowest BCUT2D eigenvalue weighted by atomic mass is 9.93. The van der Waals surface area contributed by atoms with Crippen LogP contribution in [-0.2, 0) is 0 Å². The minimum atomic E-state index is 0.0393. The van der Waals surface area contributed by atoms with Gasteiger partial charge in [-0.15, -0.1) is 0 Å². The molecule has 1 aromatic carbocycles. The summed E-state index contributed by atoms with van der Waals surface area (Å²) in [7, 11) is 0. The van der Waals surface area contributed by atoms with Crippen LogP contribution < -0.4 is 15.2 Å². The van der Waals surface area contributed by atoms with E-state index >= 15 is 0 Å². The Kier molecular flexibility index (Phi) is 4.13. The Morgan fingerprint density at radius 3 is 2.85 bits per heavy atom. The standard InChI is InChI=1S/C16H24N2O2/c1-2-19-12-6-7-15-13(10-12)16(14(17)11-20-15)18-8-4-3-5-9-18/h6-7,10,14,16H,2-5,8-9,11,17H2,1H3. The summed E-state index contributed by atoms with van der Waals surface area (Å²) in [5.74, 6) is 1.87. The maximum absolute atomic E-state index is 6.34. The third-order valence-electron chi connectivity index (χ3n) is 4.23. The van der Waals surface area contributed by atoms with E-state index in [4.69, 9.17) is 15.2 Å². The van der Waals surface area contributed by atoms with E-state index in [1.807, 2.05) is 19.1 Å². The predicted molar refractivity (Wildman–Crippen MR) is 79.2 cm³/mol. The molecule has 110 valence electrons. The lowest BCUT2D eigenvalue weighted by molar-refractivity contribution is 0.100. The van der Waals surface area contributed by atoms with E-state index in [0.717, 1.165) is 24.6 Å². The summed E-state index contributed by atoms with van der Waals surface area (Å²) >= 11 is 0. The maximum atomic E-state index is 6.34. The Balaban J connectivity index is 1.91. The van der Waals surface area contributed by atoms with Crippen LogP contribution >= 0.6 is 0 Å². The van der Waals surface area contributed by atoms with E-state index in [9.17, 15) is 0 Å². The predicted octanol–water partition coefficient (Wildman–Crippen LogP) is 2.33. The smallest absolute Gasteiger partial charge is 0.124 e. The second-order valence-electron chi connectivity index (χ2n) is 5.65. The topological polar surface area (TPSA) is 47.7 Å². The first-order valence-electron chi connectivity index (χ1n) is 7.68. The zero-order valence-corrected chi connectivity index (χ0v) is 12.2. The van der Waals surface area contributed by atoms with E-state index in [0.29, 0.717) is 13.2 Å². The third-order valence-corrected chi connectivity index (χ3v) is 4.23. The van der Waals surface area contributed by atoms with Gasteiger partial charge in [-0.1, -0.05) is 6.42 Å². The largest absolute Gasteiger partial charge is 0.494 e. The van der Waals surface area contributed by atoms with Gasteiger partial charge in [-0.05, 0) is 51.1 Å². The van der Waals surface area contributed by atoms with Crippen molar-refractivity contribution in [1.82, 2.24) is 4.90 Å². The highest BCUT2D eigenvalue weighted by Gasteiger charge is 2.34. The quantitative estimate of drug-likeness (QED) is 0.920. The summed E-state index contributed by atoms with van der Waals surface area (Å²) in [5.41, 5.74) is 7.53. The summed E-state index contributed by atoms with van der Waals surface area (Å²) < 4.78 is 11.4. The SMILES string of the molecule is CCOc1ccc2c(c1)C(N1CCCCC1)C(N)CO2. The fraction of sp³-hybridized carbons (Fsp3) is 0.625. The molecule has 0 bridgehead atoms. The molecule has 2 aliphatic heterocycles. The Morgan fingerprint density at radius 1 is 1.30 bits per heavy atom. The molecule has 0 radical (unpaired) electrons. The molecule has 1 saturated heterocycles. The first-order chi connectivity index (χ1) is 9.79. The summed E-state index contributed by atoms with van der Waals surface area (Å²) in [4.78, 5) is 2.52. The fourth-order valence-corrected chi connectivity index (χ4v) is 3.32. The van der Waals surface area contributed by atoms with Crippen LogP contribution in [0.4, 0.5) is 0 Å². The van der Waals surface area contributed by atoms with Crippen LogP contribution in [0.25, 0.3) is 0 Å². The molecule has 0 amide bonds. The van der Waals surface area contributed by atoms with Gasteiger partial charge in [0.05, 0.1) is 18.7 Å². The molecule has 3 rings (SSSR count). The van der Waals surface area contributed by atoms with Gasteiger partial charge >= 0.3 is 0 Å². The van der Waals surface area contributed by atoms with Crippen LogP contribution in [0.15, 0.2) is 18.2 Å². The van der Waals surface area contributed by atoms with Gasteiger partial charge in [-0.25, -0.2) is 0 Å². The molecule has 2 heterocycles. The molecule has 2 atom stereocenters. The first-order valence-corrected chi connectivity index (χ1v) is 7.68. The van der Waals surface area contributed by atoms with Crippen molar-refractivity contribution in [3.8, 4) is 11.5 Å². The second kappa shape index (κ2) is 6.02. The number of likely N-dealkylation sites (tertiary alicyclic amines) is 1. The van der Waals surface area contributed by atoms with Crippen LogP contribution in [0.2, 0.25) is 0 Å². The normalized spacial score (nSPS) is 26.7. The van der Waals surface area contributed by atoms with Crippen LogP contribution in [0, 0.1) is 0 Å². The summed E-state index contributed by atoms with van der Waals surface area (Å²) in [6.07, 6.45) is 3.87. The van der Waals surface area contributed by atoms with Crippen molar-refractivity contribution in [2.24, 2.45) is 5.73 Å². The van der Waals surface area contributed by atoms with Crippen LogP contribution in [0.1, 0.15) is 37.8 Å². The average Bonchev–Trinajstić information content (AvgIpc) is 2.48. The molecule has 1 fully saturated rings. The molecule has 20 heavy (non-hydrogen) atoms. The molecule has 0 aromatic heterocycles. The van der Waals surface area contributed by atoms with Gasteiger partial charge in [-0.3, -0.25) is 4.90 Å².